The van der Waals surface area contributed by atoms with Crippen LogP contribution in [0.25, 0.3) is 11.0 Å². The highest BCUT2D eigenvalue weighted by molar-refractivity contribution is 5.94. The molecule has 0 spiro atoms. The second kappa shape index (κ2) is 6.90. The van der Waals surface area contributed by atoms with E-state index >= 15 is 0 Å². The highest BCUT2D eigenvalue weighted by atomic mass is 16.2. The molecular weight excluding hydrogens is 324 g/mol. The Morgan fingerprint density at radius 3 is 2.81 bits per heavy atom. The Hall–Kier alpha value is -2.69. The van der Waals surface area contributed by atoms with E-state index in [1.165, 1.54) is 0 Å². The van der Waals surface area contributed by atoms with Gasteiger partial charge >= 0.3 is 0 Å². The molecule has 3 heterocycles. The van der Waals surface area contributed by atoms with Gasteiger partial charge in [0.25, 0.3) is 5.91 Å². The van der Waals surface area contributed by atoms with E-state index in [0.29, 0.717) is 5.92 Å². The minimum atomic E-state index is 0.112. The molecule has 2 aromatic heterocycles. The lowest BCUT2D eigenvalue weighted by Gasteiger charge is -2.18. The first-order valence-electron chi connectivity index (χ1n) is 9.28. The number of aromatic nitrogens is 3. The summed E-state index contributed by atoms with van der Waals surface area (Å²) in [5.74, 6) is 2.00. The summed E-state index contributed by atoms with van der Waals surface area (Å²) < 4.78 is 2.30. The molecule has 4 rings (SSSR count). The minimum Gasteiger partial charge on any atom is -0.338 e. The maximum absolute atomic E-state index is 12.7. The van der Waals surface area contributed by atoms with Crippen molar-refractivity contribution in [3.05, 3.63) is 60.2 Å². The van der Waals surface area contributed by atoms with Crippen molar-refractivity contribution >= 4 is 16.9 Å². The molecule has 0 saturated carbocycles. The highest BCUT2D eigenvalue weighted by Crippen LogP contribution is 2.30. The Morgan fingerprint density at radius 1 is 1.23 bits per heavy atom. The van der Waals surface area contributed by atoms with Crippen molar-refractivity contribution in [1.82, 2.24) is 19.4 Å². The standard InChI is InChI=1S/C21H24N4O/c1-15(2)13-25-19-12-22-10-8-18(19)23-20(25)17-9-11-24(14-17)21(26)16-6-4-3-5-7-16/h3-8,10,12,15,17H,9,11,13-14H2,1-2H3. The summed E-state index contributed by atoms with van der Waals surface area (Å²) in [4.78, 5) is 23.9. The van der Waals surface area contributed by atoms with Crippen LogP contribution in [-0.4, -0.2) is 38.4 Å². The molecule has 1 atom stereocenters. The van der Waals surface area contributed by atoms with Crippen LogP contribution in [-0.2, 0) is 6.54 Å². The van der Waals surface area contributed by atoms with Gasteiger partial charge in [0.2, 0.25) is 0 Å². The summed E-state index contributed by atoms with van der Waals surface area (Å²) in [6.07, 6.45) is 4.64. The molecule has 0 radical (unpaired) electrons. The highest BCUT2D eigenvalue weighted by Gasteiger charge is 2.31. The first-order valence-corrected chi connectivity index (χ1v) is 9.28. The van der Waals surface area contributed by atoms with Crippen molar-refractivity contribution in [3.63, 3.8) is 0 Å². The van der Waals surface area contributed by atoms with E-state index in [0.717, 1.165) is 48.5 Å². The van der Waals surface area contributed by atoms with E-state index in [-0.39, 0.29) is 11.8 Å². The van der Waals surface area contributed by atoms with Crippen LogP contribution in [0.4, 0.5) is 0 Å². The fourth-order valence-electron chi connectivity index (χ4n) is 3.78. The number of amides is 1. The number of imidazole rings is 1. The molecule has 1 saturated heterocycles. The third kappa shape index (κ3) is 3.09. The number of fused-ring (bicyclic) bond motifs is 1. The van der Waals surface area contributed by atoms with Gasteiger partial charge < -0.3 is 9.47 Å². The third-order valence-electron chi connectivity index (χ3n) is 4.99. The van der Waals surface area contributed by atoms with Gasteiger partial charge in [0.05, 0.1) is 17.2 Å². The lowest BCUT2D eigenvalue weighted by Crippen LogP contribution is -2.28. The third-order valence-corrected chi connectivity index (χ3v) is 4.99. The molecule has 0 aliphatic carbocycles. The van der Waals surface area contributed by atoms with Crippen molar-refractivity contribution in [1.29, 1.82) is 0 Å². The Morgan fingerprint density at radius 2 is 2.04 bits per heavy atom. The summed E-state index contributed by atoms with van der Waals surface area (Å²) in [6, 6.07) is 11.5. The van der Waals surface area contributed by atoms with Crippen molar-refractivity contribution in [3.8, 4) is 0 Å². The zero-order valence-electron chi connectivity index (χ0n) is 15.3. The summed E-state index contributed by atoms with van der Waals surface area (Å²) in [5.41, 5.74) is 2.83. The molecule has 1 aromatic carbocycles. The van der Waals surface area contributed by atoms with Crippen LogP contribution in [0.2, 0.25) is 0 Å². The number of carbonyl (C=O) groups is 1. The largest absolute Gasteiger partial charge is 0.338 e. The molecule has 1 aliphatic heterocycles. The van der Waals surface area contributed by atoms with Crippen molar-refractivity contribution in [2.24, 2.45) is 5.92 Å². The second-order valence-corrected chi connectivity index (χ2v) is 7.44. The van der Waals surface area contributed by atoms with Gasteiger partial charge in [-0.3, -0.25) is 9.78 Å². The number of likely N-dealkylation sites (tertiary alicyclic amines) is 1. The number of rotatable bonds is 4. The number of nitrogens with zero attached hydrogens (tertiary/aromatic N) is 4. The van der Waals surface area contributed by atoms with Crippen LogP contribution >= 0.6 is 0 Å². The van der Waals surface area contributed by atoms with E-state index < -0.39 is 0 Å². The molecule has 1 amide bonds. The number of benzene rings is 1. The molecule has 1 aliphatic rings. The Labute approximate surface area is 153 Å². The molecule has 134 valence electrons. The number of hydrogen-bond acceptors (Lipinski definition) is 3. The SMILES string of the molecule is CC(C)Cn1c(C2CCN(C(=O)c3ccccc3)C2)nc2ccncc21. The molecule has 5 nitrogen and oxygen atoms in total. The predicted molar refractivity (Wildman–Crippen MR) is 102 cm³/mol. The van der Waals surface area contributed by atoms with Crippen molar-refractivity contribution < 1.29 is 4.79 Å². The molecule has 0 N–H and O–H groups in total. The first kappa shape index (κ1) is 16.8. The predicted octanol–water partition coefficient (Wildman–Crippen LogP) is 3.72. The molecule has 1 fully saturated rings. The van der Waals surface area contributed by atoms with Gasteiger partial charge in [-0.15, -0.1) is 0 Å². The maximum atomic E-state index is 12.7. The average Bonchev–Trinajstić information content (AvgIpc) is 3.27. The monoisotopic (exact) mass is 348 g/mol. The first-order chi connectivity index (χ1) is 12.6. The van der Waals surface area contributed by atoms with Crippen molar-refractivity contribution in [2.75, 3.05) is 13.1 Å². The van der Waals surface area contributed by atoms with Crippen LogP contribution in [0, 0.1) is 5.92 Å². The van der Waals surface area contributed by atoms with E-state index in [1.54, 1.807) is 6.20 Å². The van der Waals surface area contributed by atoms with Crippen LogP contribution in [0.5, 0.6) is 0 Å². The average molecular weight is 348 g/mol. The quantitative estimate of drug-likeness (QED) is 0.722. The maximum Gasteiger partial charge on any atom is 0.253 e. The second-order valence-electron chi connectivity index (χ2n) is 7.44. The molecule has 1 unspecified atom stereocenters. The lowest BCUT2D eigenvalue weighted by molar-refractivity contribution is 0.0790. The molecule has 0 bridgehead atoms. The van der Waals surface area contributed by atoms with Crippen molar-refractivity contribution in [2.45, 2.75) is 32.7 Å². The topological polar surface area (TPSA) is 51.0 Å². The van der Waals surface area contributed by atoms with Gasteiger partial charge in [0.15, 0.2) is 0 Å². The lowest BCUT2D eigenvalue weighted by atomic mass is 10.1. The Kier molecular flexibility index (Phi) is 4.45. The van der Waals surface area contributed by atoms with E-state index in [1.807, 2.05) is 47.5 Å². The van der Waals surface area contributed by atoms with Gasteiger partial charge in [-0.1, -0.05) is 32.0 Å². The zero-order chi connectivity index (χ0) is 18.1. The van der Waals surface area contributed by atoms with Gasteiger partial charge in [0.1, 0.15) is 5.82 Å². The fourth-order valence-corrected chi connectivity index (χ4v) is 3.78. The summed E-state index contributed by atoms with van der Waals surface area (Å²) in [6.45, 7) is 6.85. The number of pyridine rings is 1. The van der Waals surface area contributed by atoms with E-state index in [2.05, 4.69) is 23.4 Å². The van der Waals surface area contributed by atoms with Crippen LogP contribution in [0.1, 0.15) is 42.4 Å². The van der Waals surface area contributed by atoms with Crippen LogP contribution < -0.4 is 0 Å². The molecule has 5 heteroatoms. The zero-order valence-corrected chi connectivity index (χ0v) is 15.3. The number of carbonyl (C=O) groups excluding carboxylic acids is 1. The van der Waals surface area contributed by atoms with Gasteiger partial charge in [-0.25, -0.2) is 4.98 Å². The van der Waals surface area contributed by atoms with E-state index in [9.17, 15) is 4.79 Å². The number of hydrogen-bond donors (Lipinski definition) is 0. The van der Waals surface area contributed by atoms with E-state index in [4.69, 9.17) is 4.98 Å². The van der Waals surface area contributed by atoms with Gasteiger partial charge in [-0.2, -0.15) is 0 Å². The smallest absolute Gasteiger partial charge is 0.253 e. The van der Waals surface area contributed by atoms with Crippen LogP contribution in [0.3, 0.4) is 0 Å². The van der Waals surface area contributed by atoms with Crippen LogP contribution in [0.15, 0.2) is 48.8 Å². The molecule has 26 heavy (non-hydrogen) atoms. The molecular formula is C21H24N4O. The van der Waals surface area contributed by atoms with Gasteiger partial charge in [0, 0.05) is 37.3 Å². The van der Waals surface area contributed by atoms with Gasteiger partial charge in [-0.05, 0) is 30.5 Å². The normalized spacial score (nSPS) is 17.3. The molecule has 3 aromatic rings. The Balaban J connectivity index is 1.61. The fraction of sp³-hybridized carbons (Fsp3) is 0.381. The summed E-state index contributed by atoms with van der Waals surface area (Å²) >= 11 is 0. The summed E-state index contributed by atoms with van der Waals surface area (Å²) in [5, 5.41) is 0. The Bertz CT molecular complexity index is 916. The minimum absolute atomic E-state index is 0.112. The summed E-state index contributed by atoms with van der Waals surface area (Å²) in [7, 11) is 0.